The number of aliphatic hydroxyl groups is 1. The second-order valence-electron chi connectivity index (χ2n) is 8.72. The Morgan fingerprint density at radius 2 is 1.59 bits per heavy atom. The van der Waals surface area contributed by atoms with Crippen LogP contribution in [0.25, 0.3) is 0 Å². The van der Waals surface area contributed by atoms with Crippen LogP contribution in [-0.4, -0.2) is 35.7 Å². The molecule has 4 rings (SSSR count). The van der Waals surface area contributed by atoms with E-state index >= 15 is 0 Å². The minimum atomic E-state index is -0.779. The maximum Gasteiger partial charge on any atom is 0.189 e. The first-order valence-electron chi connectivity index (χ1n) is 12.2. The highest BCUT2D eigenvalue weighted by atomic mass is 32.1. The quantitative estimate of drug-likeness (QED) is 0.103. The molecule has 0 aliphatic heterocycles. The van der Waals surface area contributed by atoms with Gasteiger partial charge < -0.3 is 26.6 Å². The van der Waals surface area contributed by atoms with Crippen molar-refractivity contribution < 1.29 is 9.84 Å². The predicted molar refractivity (Wildman–Crippen MR) is 150 cm³/mol. The Kier molecular flexibility index (Phi) is 8.90. The Hall–Kier alpha value is -3.72. The van der Waals surface area contributed by atoms with E-state index in [1.54, 1.807) is 13.3 Å². The summed E-state index contributed by atoms with van der Waals surface area (Å²) in [5, 5.41) is 16.4. The molecule has 0 aliphatic rings. The van der Waals surface area contributed by atoms with Crippen molar-refractivity contribution in [1.29, 1.82) is 0 Å². The normalized spacial score (nSPS) is 13.6. The molecule has 0 saturated carbocycles. The van der Waals surface area contributed by atoms with Crippen LogP contribution in [0.5, 0.6) is 5.75 Å². The number of aliphatic hydroxyl groups excluding tert-OH is 1. The number of nitrogens with one attached hydrogen (secondary N) is 1. The van der Waals surface area contributed by atoms with Gasteiger partial charge in [-0.3, -0.25) is 4.99 Å². The molecule has 1 aromatic heterocycles. The van der Waals surface area contributed by atoms with Crippen molar-refractivity contribution in [2.24, 2.45) is 16.5 Å². The zero-order valence-corrected chi connectivity index (χ0v) is 21.6. The van der Waals surface area contributed by atoms with Crippen LogP contribution in [0.3, 0.4) is 0 Å². The molecule has 0 bridgehead atoms. The van der Waals surface area contributed by atoms with Gasteiger partial charge in [0.25, 0.3) is 0 Å². The third-order valence-electron chi connectivity index (χ3n) is 6.34. The summed E-state index contributed by atoms with van der Waals surface area (Å²) in [6, 6.07) is 27.9. The number of guanidine groups is 1. The molecule has 7 nitrogen and oxygen atoms in total. The van der Waals surface area contributed by atoms with Crippen LogP contribution in [0, 0.1) is 0 Å². The van der Waals surface area contributed by atoms with Gasteiger partial charge in [0, 0.05) is 24.2 Å². The van der Waals surface area contributed by atoms with Crippen molar-refractivity contribution in [2.45, 2.75) is 30.5 Å². The highest BCUT2D eigenvalue weighted by molar-refractivity contribution is 7.09. The Balaban J connectivity index is 1.59. The molecule has 4 aromatic rings. The second-order valence-corrected chi connectivity index (χ2v) is 9.65. The summed E-state index contributed by atoms with van der Waals surface area (Å²) in [4.78, 5) is 8.78. The monoisotopic (exact) mass is 515 g/mol. The number of rotatable bonds is 11. The number of aromatic nitrogens is 1. The molecule has 0 spiro atoms. The topological polar surface area (TPSA) is 119 Å². The fourth-order valence-electron chi connectivity index (χ4n) is 4.41. The molecule has 1 heterocycles. The SMILES string of the molecule is COc1ccc(C(NC(N)=NCCC[C@H](N)C(O)c2nccs2)(c2ccccc2)c2ccccc2)cc1. The molecule has 2 atom stereocenters. The summed E-state index contributed by atoms with van der Waals surface area (Å²) >= 11 is 1.40. The Morgan fingerprint density at radius 1 is 1.00 bits per heavy atom. The first-order valence-corrected chi connectivity index (χ1v) is 13.1. The van der Waals surface area contributed by atoms with Crippen LogP contribution >= 0.6 is 11.3 Å². The van der Waals surface area contributed by atoms with Gasteiger partial charge in [-0.2, -0.15) is 0 Å². The van der Waals surface area contributed by atoms with E-state index in [1.165, 1.54) is 11.3 Å². The molecule has 1 unspecified atom stereocenters. The van der Waals surface area contributed by atoms with Crippen molar-refractivity contribution in [3.8, 4) is 5.75 Å². The lowest BCUT2D eigenvalue weighted by molar-refractivity contribution is 0.141. The maximum atomic E-state index is 10.4. The van der Waals surface area contributed by atoms with E-state index in [2.05, 4.69) is 39.6 Å². The fraction of sp³-hybridized carbons (Fsp3) is 0.241. The molecule has 0 radical (unpaired) electrons. The lowest BCUT2D eigenvalue weighted by atomic mass is 9.77. The van der Waals surface area contributed by atoms with Crippen LogP contribution in [0.2, 0.25) is 0 Å². The van der Waals surface area contributed by atoms with Gasteiger partial charge in [-0.25, -0.2) is 4.98 Å². The number of nitrogens with zero attached hydrogens (tertiary/aromatic N) is 2. The Labute approximate surface area is 221 Å². The van der Waals surface area contributed by atoms with Gasteiger partial charge >= 0.3 is 0 Å². The minimum absolute atomic E-state index is 0.317. The molecule has 0 aliphatic carbocycles. The van der Waals surface area contributed by atoms with Crippen molar-refractivity contribution >= 4 is 17.3 Å². The lowest BCUT2D eigenvalue weighted by Crippen LogP contribution is -2.50. The summed E-state index contributed by atoms with van der Waals surface area (Å²) in [6.45, 7) is 0.472. The smallest absolute Gasteiger partial charge is 0.189 e. The van der Waals surface area contributed by atoms with Gasteiger partial charge in [-0.05, 0) is 41.7 Å². The van der Waals surface area contributed by atoms with E-state index in [1.807, 2.05) is 66.0 Å². The average molecular weight is 516 g/mol. The third kappa shape index (κ3) is 6.17. The average Bonchev–Trinajstić information content (AvgIpc) is 3.50. The molecule has 192 valence electrons. The number of thiazole rings is 1. The van der Waals surface area contributed by atoms with E-state index in [0.29, 0.717) is 30.4 Å². The minimum Gasteiger partial charge on any atom is -0.497 e. The molecule has 0 amide bonds. The number of methoxy groups -OCH3 is 1. The number of aliphatic imine (C=N–C) groups is 1. The summed E-state index contributed by atoms with van der Waals surface area (Å²) in [5.74, 6) is 1.09. The van der Waals surface area contributed by atoms with Crippen molar-refractivity contribution in [3.05, 3.63) is 118 Å². The van der Waals surface area contributed by atoms with E-state index in [4.69, 9.17) is 16.2 Å². The predicted octanol–water partition coefficient (Wildman–Crippen LogP) is 4.19. The summed E-state index contributed by atoms with van der Waals surface area (Å²) in [6.07, 6.45) is 2.16. The molecule has 3 aromatic carbocycles. The van der Waals surface area contributed by atoms with E-state index in [-0.39, 0.29) is 0 Å². The molecule has 0 fully saturated rings. The standard InChI is InChI=1S/C29H33N5O2S/c1-36-24-16-14-23(15-17-24)29(21-9-4-2-5-10-21,22-11-6-3-7-12-22)34-28(31)33-18-8-13-25(30)26(35)27-32-19-20-37-27/h2-7,9-12,14-17,19-20,25-26,35H,8,13,18,30H2,1H3,(H3,31,33,34)/t25-,26?/m0/s1. The molecule has 37 heavy (non-hydrogen) atoms. The van der Waals surface area contributed by atoms with Gasteiger partial charge in [0.2, 0.25) is 0 Å². The largest absolute Gasteiger partial charge is 0.497 e. The Bertz CT molecular complexity index is 1210. The molecular weight excluding hydrogens is 482 g/mol. The lowest BCUT2D eigenvalue weighted by Gasteiger charge is -2.37. The first kappa shape index (κ1) is 26.3. The van der Waals surface area contributed by atoms with Gasteiger partial charge in [-0.15, -0.1) is 11.3 Å². The zero-order valence-electron chi connectivity index (χ0n) is 20.8. The summed E-state index contributed by atoms with van der Waals surface area (Å²) in [5.41, 5.74) is 15.0. The highest BCUT2D eigenvalue weighted by Crippen LogP contribution is 2.37. The van der Waals surface area contributed by atoms with E-state index in [0.717, 1.165) is 22.4 Å². The van der Waals surface area contributed by atoms with Gasteiger partial charge in [0.15, 0.2) is 5.96 Å². The summed E-state index contributed by atoms with van der Waals surface area (Å²) in [7, 11) is 1.65. The number of hydrogen-bond donors (Lipinski definition) is 4. The van der Waals surface area contributed by atoms with Crippen LogP contribution in [0.4, 0.5) is 0 Å². The zero-order chi connectivity index (χ0) is 26.1. The highest BCUT2D eigenvalue weighted by Gasteiger charge is 2.37. The molecule has 8 heteroatoms. The van der Waals surface area contributed by atoms with Crippen molar-refractivity contribution in [3.63, 3.8) is 0 Å². The molecule has 0 saturated heterocycles. The van der Waals surface area contributed by atoms with Gasteiger partial charge in [-0.1, -0.05) is 72.8 Å². The van der Waals surface area contributed by atoms with Crippen molar-refractivity contribution in [1.82, 2.24) is 10.3 Å². The van der Waals surface area contributed by atoms with Crippen LogP contribution in [0.1, 0.15) is 40.6 Å². The molecular formula is C29H33N5O2S. The van der Waals surface area contributed by atoms with Crippen LogP contribution in [0.15, 0.2) is 101 Å². The number of benzene rings is 3. The number of nitrogens with two attached hydrogens (primary N) is 2. The van der Waals surface area contributed by atoms with E-state index in [9.17, 15) is 5.11 Å². The maximum absolute atomic E-state index is 10.4. The molecule has 6 N–H and O–H groups in total. The van der Waals surface area contributed by atoms with E-state index < -0.39 is 17.7 Å². The number of hydrogen-bond acceptors (Lipinski definition) is 6. The second kappa shape index (κ2) is 12.5. The summed E-state index contributed by atoms with van der Waals surface area (Å²) < 4.78 is 5.40. The van der Waals surface area contributed by atoms with Crippen LogP contribution in [-0.2, 0) is 5.54 Å². The van der Waals surface area contributed by atoms with Crippen LogP contribution < -0.4 is 21.5 Å². The number of ether oxygens (including phenoxy) is 1. The van der Waals surface area contributed by atoms with Gasteiger partial charge in [0.1, 0.15) is 22.4 Å². The fourth-order valence-corrected chi connectivity index (χ4v) is 5.11. The Morgan fingerprint density at radius 3 is 2.14 bits per heavy atom. The van der Waals surface area contributed by atoms with Gasteiger partial charge in [0.05, 0.1) is 7.11 Å². The van der Waals surface area contributed by atoms with Crippen molar-refractivity contribution in [2.75, 3.05) is 13.7 Å². The third-order valence-corrected chi connectivity index (χ3v) is 7.19. The first-order chi connectivity index (χ1) is 18.0.